The van der Waals surface area contributed by atoms with Gasteiger partial charge in [0.25, 0.3) is 0 Å². The molecule has 2 aromatic rings. The molecule has 2 N–H and O–H groups in total. The van der Waals surface area contributed by atoms with Crippen molar-refractivity contribution in [2.45, 2.75) is 136 Å². The summed E-state index contributed by atoms with van der Waals surface area (Å²) >= 11 is 0. The van der Waals surface area contributed by atoms with Crippen LogP contribution in [0.1, 0.15) is 141 Å². The maximum absolute atomic E-state index is 3.60. The Kier molecular flexibility index (Phi) is 18.6. The van der Waals surface area contributed by atoms with E-state index in [2.05, 4.69) is 73.0 Å². The molecule has 0 saturated carbocycles. The Bertz CT molecular complexity index is 684. The van der Waals surface area contributed by atoms with Gasteiger partial charge in [0.05, 0.1) is 0 Å². The third-order valence-electron chi connectivity index (χ3n) is 7.54. The lowest BCUT2D eigenvalue weighted by Crippen LogP contribution is -2.02. The average molecular weight is 507 g/mol. The van der Waals surface area contributed by atoms with E-state index in [1.807, 2.05) is 0 Å². The molecule has 208 valence electrons. The van der Waals surface area contributed by atoms with Gasteiger partial charge in [-0.1, -0.05) is 141 Å². The summed E-state index contributed by atoms with van der Waals surface area (Å²) in [6.45, 7) is 6.75. The Morgan fingerprint density at radius 2 is 0.676 bits per heavy atom. The number of nitrogens with one attached hydrogen (secondary N) is 2. The Morgan fingerprint density at radius 1 is 0.378 bits per heavy atom. The summed E-state index contributed by atoms with van der Waals surface area (Å²) in [5.74, 6) is 0. The monoisotopic (exact) mass is 506 g/mol. The van der Waals surface area contributed by atoms with E-state index in [1.165, 1.54) is 138 Å². The zero-order valence-electron chi connectivity index (χ0n) is 24.5. The predicted molar refractivity (Wildman–Crippen MR) is 167 cm³/mol. The van der Waals surface area contributed by atoms with Gasteiger partial charge in [-0.2, -0.15) is 0 Å². The predicted octanol–water partition coefficient (Wildman–Crippen LogP) is 11.2. The molecule has 0 atom stereocenters. The number of anilines is 2. The van der Waals surface area contributed by atoms with Crippen molar-refractivity contribution in [1.29, 1.82) is 0 Å². The van der Waals surface area contributed by atoms with Crippen LogP contribution in [0.3, 0.4) is 0 Å². The van der Waals surface area contributed by atoms with E-state index in [0.29, 0.717) is 0 Å². The lowest BCUT2D eigenvalue weighted by Gasteiger charge is -2.09. The van der Waals surface area contributed by atoms with Gasteiger partial charge in [0.15, 0.2) is 0 Å². The third-order valence-corrected chi connectivity index (χ3v) is 7.54. The third kappa shape index (κ3) is 16.5. The highest BCUT2D eigenvalue weighted by Gasteiger charge is 2.00. The Labute approximate surface area is 230 Å². The van der Waals surface area contributed by atoms with Crippen LogP contribution in [0.4, 0.5) is 11.4 Å². The molecule has 2 heteroatoms. The zero-order chi connectivity index (χ0) is 26.2. The maximum atomic E-state index is 3.60. The Morgan fingerprint density at radius 3 is 1.00 bits per heavy atom. The van der Waals surface area contributed by atoms with Crippen LogP contribution in [0, 0.1) is 0 Å². The lowest BCUT2D eigenvalue weighted by molar-refractivity contribution is 0.569. The molecular weight excluding hydrogens is 448 g/mol. The number of hydrogen-bond donors (Lipinski definition) is 2. The minimum Gasteiger partial charge on any atom is -0.385 e. The Hall–Kier alpha value is -1.96. The van der Waals surface area contributed by atoms with Crippen LogP contribution < -0.4 is 10.6 Å². The number of rotatable bonds is 24. The molecule has 2 nitrogen and oxygen atoms in total. The first-order valence-corrected chi connectivity index (χ1v) is 16.0. The normalized spacial score (nSPS) is 11.1. The van der Waals surface area contributed by atoms with Crippen LogP contribution in [0.25, 0.3) is 0 Å². The van der Waals surface area contributed by atoms with Crippen LogP contribution >= 0.6 is 0 Å². The highest BCUT2D eigenvalue weighted by Crippen LogP contribution is 2.17. The van der Waals surface area contributed by atoms with Gasteiger partial charge >= 0.3 is 0 Å². The van der Waals surface area contributed by atoms with Gasteiger partial charge in [0.2, 0.25) is 0 Å². The summed E-state index contributed by atoms with van der Waals surface area (Å²) in [5.41, 5.74) is 5.26. The topological polar surface area (TPSA) is 24.1 Å². The first-order valence-electron chi connectivity index (χ1n) is 16.0. The average Bonchev–Trinajstić information content (AvgIpc) is 2.92. The van der Waals surface area contributed by atoms with Crippen molar-refractivity contribution < 1.29 is 0 Å². The minimum atomic E-state index is 0.997. The smallest absolute Gasteiger partial charge is 0.0340 e. The fourth-order valence-electron chi connectivity index (χ4n) is 5.05. The van der Waals surface area contributed by atoms with Gasteiger partial charge in [-0.05, 0) is 54.7 Å². The molecule has 0 radical (unpaired) electrons. The largest absolute Gasteiger partial charge is 0.385 e. The number of unbranched alkanes of at least 4 members (excludes halogenated alkanes) is 16. The molecule has 0 aliphatic rings. The fourth-order valence-corrected chi connectivity index (χ4v) is 5.05. The van der Waals surface area contributed by atoms with Gasteiger partial charge in [-0.3, -0.25) is 0 Å². The van der Waals surface area contributed by atoms with E-state index >= 15 is 0 Å². The van der Waals surface area contributed by atoms with Crippen molar-refractivity contribution in [3.8, 4) is 0 Å². The molecule has 37 heavy (non-hydrogen) atoms. The van der Waals surface area contributed by atoms with Crippen LogP contribution in [-0.2, 0) is 6.42 Å². The highest BCUT2D eigenvalue weighted by molar-refractivity contribution is 5.47. The second-order valence-corrected chi connectivity index (χ2v) is 11.1. The minimum absolute atomic E-state index is 0.997. The molecule has 0 amide bonds. The second-order valence-electron chi connectivity index (χ2n) is 11.1. The summed E-state index contributed by atoms with van der Waals surface area (Å²) < 4.78 is 0. The summed E-state index contributed by atoms with van der Waals surface area (Å²) in [7, 11) is 0. The van der Waals surface area contributed by atoms with Crippen molar-refractivity contribution in [2.24, 2.45) is 0 Å². The molecule has 2 aromatic carbocycles. The van der Waals surface area contributed by atoms with E-state index in [0.717, 1.165) is 19.5 Å². The molecule has 0 heterocycles. The number of hydrogen-bond acceptors (Lipinski definition) is 2. The van der Waals surface area contributed by atoms with Crippen molar-refractivity contribution in [3.63, 3.8) is 0 Å². The van der Waals surface area contributed by atoms with E-state index in [4.69, 9.17) is 0 Å². The SMILES string of the molecule is CCCCCCCCCCCNc1ccc(Cc2ccc(NCCCCCCCCCCC)cc2)cc1. The molecule has 0 aliphatic heterocycles. The van der Waals surface area contributed by atoms with E-state index in [9.17, 15) is 0 Å². The molecule has 0 spiro atoms. The van der Waals surface area contributed by atoms with Crippen molar-refractivity contribution in [1.82, 2.24) is 0 Å². The zero-order valence-corrected chi connectivity index (χ0v) is 24.5. The first-order chi connectivity index (χ1) is 18.3. The van der Waals surface area contributed by atoms with Gasteiger partial charge < -0.3 is 10.6 Å². The fraction of sp³-hybridized carbons (Fsp3) is 0.657. The molecule has 0 aliphatic carbocycles. The van der Waals surface area contributed by atoms with Gasteiger partial charge in [0.1, 0.15) is 0 Å². The van der Waals surface area contributed by atoms with E-state index < -0.39 is 0 Å². The molecule has 0 saturated heterocycles. The molecule has 2 rings (SSSR count). The maximum Gasteiger partial charge on any atom is 0.0340 e. The van der Waals surface area contributed by atoms with Crippen molar-refractivity contribution in [3.05, 3.63) is 59.7 Å². The summed E-state index contributed by atoms with van der Waals surface area (Å²) in [5, 5.41) is 7.20. The molecule has 0 unspecified atom stereocenters. The van der Waals surface area contributed by atoms with Gasteiger partial charge in [-0.15, -0.1) is 0 Å². The number of benzene rings is 2. The van der Waals surface area contributed by atoms with Gasteiger partial charge in [-0.25, -0.2) is 0 Å². The van der Waals surface area contributed by atoms with Crippen LogP contribution in [-0.4, -0.2) is 13.1 Å². The summed E-state index contributed by atoms with van der Waals surface area (Å²) in [4.78, 5) is 0. The quantitative estimate of drug-likeness (QED) is 0.138. The van der Waals surface area contributed by atoms with Crippen LogP contribution in [0.2, 0.25) is 0 Å². The van der Waals surface area contributed by atoms with Crippen LogP contribution in [0.15, 0.2) is 48.5 Å². The van der Waals surface area contributed by atoms with Crippen LogP contribution in [0.5, 0.6) is 0 Å². The summed E-state index contributed by atoms with van der Waals surface area (Å²) in [6, 6.07) is 18.1. The van der Waals surface area contributed by atoms with E-state index in [1.54, 1.807) is 0 Å². The first kappa shape index (κ1) is 31.3. The van der Waals surface area contributed by atoms with E-state index in [-0.39, 0.29) is 0 Å². The van der Waals surface area contributed by atoms with Crippen molar-refractivity contribution in [2.75, 3.05) is 23.7 Å². The van der Waals surface area contributed by atoms with Crippen molar-refractivity contribution >= 4 is 11.4 Å². The molecule has 0 fully saturated rings. The van der Waals surface area contributed by atoms with Gasteiger partial charge in [0, 0.05) is 24.5 Å². The molecular formula is C35H58N2. The second kappa shape index (κ2) is 22.1. The standard InChI is InChI=1S/C35H58N2/c1-3-5-7-9-11-13-15-17-19-29-36-34-25-21-32(22-26-34)31-33-23-27-35(28-24-33)37-30-20-18-16-14-12-10-8-6-4-2/h21-28,36-37H,3-20,29-31H2,1-2H3. The molecule has 0 bridgehead atoms. The lowest BCUT2D eigenvalue weighted by atomic mass is 10.0. The highest BCUT2D eigenvalue weighted by atomic mass is 14.9. The summed E-state index contributed by atoms with van der Waals surface area (Å²) in [6.07, 6.45) is 25.9. The molecule has 0 aromatic heterocycles. The Balaban J connectivity index is 1.51.